The van der Waals surface area contributed by atoms with Crippen LogP contribution >= 0.6 is 11.8 Å². The van der Waals surface area contributed by atoms with Crippen molar-refractivity contribution < 1.29 is 27.9 Å². The van der Waals surface area contributed by atoms with Crippen LogP contribution in [0, 0.1) is 0 Å². The van der Waals surface area contributed by atoms with Crippen LogP contribution in [-0.2, 0) is 4.79 Å². The van der Waals surface area contributed by atoms with E-state index in [2.05, 4.69) is 5.32 Å². The summed E-state index contributed by atoms with van der Waals surface area (Å²) in [6, 6.07) is -1.10. The molecule has 5 nitrogen and oxygen atoms in total. The van der Waals surface area contributed by atoms with E-state index in [1.807, 2.05) is 0 Å². The molecule has 1 saturated heterocycles. The van der Waals surface area contributed by atoms with Crippen molar-refractivity contribution in [1.29, 1.82) is 0 Å². The fourth-order valence-corrected chi connectivity index (χ4v) is 2.77. The van der Waals surface area contributed by atoms with Crippen LogP contribution < -0.4 is 5.32 Å². The fourth-order valence-electron chi connectivity index (χ4n) is 1.71. The quantitative estimate of drug-likeness (QED) is 0.826. The summed E-state index contributed by atoms with van der Waals surface area (Å²) in [5.41, 5.74) is 0. The average Bonchev–Trinajstić information content (AvgIpc) is 2.27. The number of urea groups is 1. The molecule has 110 valence electrons. The highest BCUT2D eigenvalue weighted by molar-refractivity contribution is 7.99. The zero-order valence-corrected chi connectivity index (χ0v) is 10.9. The summed E-state index contributed by atoms with van der Waals surface area (Å²) in [5.74, 6) is 0.113. The number of carbonyl (C=O) groups excluding carboxylic acids is 1. The number of carboxylic acid groups (broad SMARTS) is 1. The van der Waals surface area contributed by atoms with Crippen molar-refractivity contribution >= 4 is 23.8 Å². The van der Waals surface area contributed by atoms with Gasteiger partial charge in [-0.1, -0.05) is 0 Å². The van der Waals surface area contributed by atoms with Crippen LogP contribution in [0.1, 0.15) is 12.8 Å². The van der Waals surface area contributed by atoms with Crippen LogP contribution in [0.4, 0.5) is 18.0 Å². The Balaban J connectivity index is 2.45. The molecular formula is C10H15F3N2O3S. The molecule has 1 aliphatic heterocycles. The molecule has 0 spiro atoms. The maximum Gasteiger partial charge on any atom is 0.390 e. The van der Waals surface area contributed by atoms with Crippen LogP contribution in [0.25, 0.3) is 0 Å². The van der Waals surface area contributed by atoms with E-state index < -0.39 is 37.2 Å². The van der Waals surface area contributed by atoms with Gasteiger partial charge in [-0.3, -0.25) is 4.79 Å². The third kappa shape index (κ3) is 6.04. The second-order valence-electron chi connectivity index (χ2n) is 4.12. The van der Waals surface area contributed by atoms with Crippen molar-refractivity contribution in [1.82, 2.24) is 10.2 Å². The first-order chi connectivity index (χ1) is 8.79. The van der Waals surface area contributed by atoms with Crippen LogP contribution in [-0.4, -0.2) is 58.8 Å². The molecule has 0 aromatic carbocycles. The zero-order chi connectivity index (χ0) is 14.5. The normalized spacial score (nSPS) is 20.2. The monoisotopic (exact) mass is 300 g/mol. The van der Waals surface area contributed by atoms with Crippen LogP contribution in [0.15, 0.2) is 0 Å². The van der Waals surface area contributed by atoms with E-state index >= 15 is 0 Å². The number of carboxylic acids is 1. The minimum atomic E-state index is -4.31. The highest BCUT2D eigenvalue weighted by Crippen LogP contribution is 2.20. The Bertz CT molecular complexity index is 338. The molecule has 2 N–H and O–H groups in total. The summed E-state index contributed by atoms with van der Waals surface area (Å²) < 4.78 is 35.9. The van der Waals surface area contributed by atoms with Gasteiger partial charge >= 0.3 is 18.2 Å². The molecule has 1 atom stereocenters. The number of hydrogen-bond donors (Lipinski definition) is 2. The van der Waals surface area contributed by atoms with Gasteiger partial charge in [0, 0.05) is 24.6 Å². The van der Waals surface area contributed by atoms with Crippen molar-refractivity contribution in [3.8, 4) is 0 Å². The molecule has 0 aliphatic carbocycles. The number of nitrogens with zero attached hydrogens (tertiary/aromatic N) is 1. The van der Waals surface area contributed by atoms with Gasteiger partial charge in [-0.15, -0.1) is 0 Å². The van der Waals surface area contributed by atoms with Gasteiger partial charge in [0.25, 0.3) is 0 Å². The molecule has 0 aromatic heterocycles. The fraction of sp³-hybridized carbons (Fsp3) is 0.800. The van der Waals surface area contributed by atoms with E-state index in [-0.39, 0.29) is 6.42 Å². The lowest BCUT2D eigenvalue weighted by Gasteiger charge is -2.34. The van der Waals surface area contributed by atoms with Gasteiger partial charge in [0.1, 0.15) is 0 Å². The Hall–Kier alpha value is -1.12. The Morgan fingerprint density at radius 2 is 2.11 bits per heavy atom. The number of thioether (sulfide) groups is 1. The Labute approximate surface area is 112 Å². The predicted octanol–water partition coefficient (Wildman–Crippen LogP) is 1.54. The van der Waals surface area contributed by atoms with Crippen molar-refractivity contribution in [2.24, 2.45) is 0 Å². The predicted molar refractivity (Wildman–Crippen MR) is 64.1 cm³/mol. The lowest BCUT2D eigenvalue weighted by Crippen LogP contribution is -2.51. The van der Waals surface area contributed by atoms with Gasteiger partial charge in [0.2, 0.25) is 0 Å². The van der Waals surface area contributed by atoms with Gasteiger partial charge in [0.05, 0.1) is 18.9 Å². The minimum absolute atomic E-state index is 0.195. The standard InChI is InChI=1S/C10H15F3N2O3S/c11-10(12,13)1-2-14-9(18)15-3-4-19-6-7(15)5-8(16)17/h7H,1-6H2,(H,14,18)(H,16,17). The van der Waals surface area contributed by atoms with Gasteiger partial charge in [-0.2, -0.15) is 24.9 Å². The lowest BCUT2D eigenvalue weighted by molar-refractivity contribution is -0.138. The third-order valence-corrected chi connectivity index (χ3v) is 3.68. The average molecular weight is 300 g/mol. The van der Waals surface area contributed by atoms with E-state index in [0.29, 0.717) is 18.1 Å². The molecular weight excluding hydrogens is 285 g/mol. The van der Waals surface area contributed by atoms with Crippen LogP contribution in [0.5, 0.6) is 0 Å². The Morgan fingerprint density at radius 1 is 1.42 bits per heavy atom. The number of hydrogen-bond acceptors (Lipinski definition) is 3. The zero-order valence-electron chi connectivity index (χ0n) is 10.1. The molecule has 1 unspecified atom stereocenters. The van der Waals surface area contributed by atoms with Crippen LogP contribution in [0.2, 0.25) is 0 Å². The number of alkyl halides is 3. The number of carbonyl (C=O) groups is 2. The highest BCUT2D eigenvalue weighted by atomic mass is 32.2. The number of aliphatic carboxylic acids is 1. The number of halogens is 3. The number of nitrogens with one attached hydrogen (secondary N) is 1. The van der Waals surface area contributed by atoms with Crippen molar-refractivity contribution in [3.05, 3.63) is 0 Å². The molecule has 0 saturated carbocycles. The summed E-state index contributed by atoms with van der Waals surface area (Å²) in [6.07, 6.45) is -5.60. The SMILES string of the molecule is O=C(O)CC1CSCCN1C(=O)NCCC(F)(F)F. The summed E-state index contributed by atoms with van der Waals surface area (Å²) >= 11 is 1.53. The lowest BCUT2D eigenvalue weighted by atomic mass is 10.2. The largest absolute Gasteiger partial charge is 0.481 e. The minimum Gasteiger partial charge on any atom is -0.481 e. The second kappa shape index (κ2) is 6.88. The molecule has 0 bridgehead atoms. The maximum absolute atomic E-state index is 12.0. The number of amides is 2. The smallest absolute Gasteiger partial charge is 0.390 e. The van der Waals surface area contributed by atoms with Gasteiger partial charge in [-0.05, 0) is 0 Å². The maximum atomic E-state index is 12.0. The van der Waals surface area contributed by atoms with Gasteiger partial charge in [0.15, 0.2) is 0 Å². The van der Waals surface area contributed by atoms with E-state index in [1.54, 1.807) is 0 Å². The second-order valence-corrected chi connectivity index (χ2v) is 5.27. The number of rotatable bonds is 4. The molecule has 1 rings (SSSR count). The van der Waals surface area contributed by atoms with Crippen molar-refractivity contribution in [2.75, 3.05) is 24.6 Å². The Kier molecular flexibility index (Phi) is 5.77. The molecule has 0 aromatic rings. The van der Waals surface area contributed by atoms with E-state index in [4.69, 9.17) is 5.11 Å². The topological polar surface area (TPSA) is 69.6 Å². The van der Waals surface area contributed by atoms with E-state index in [1.165, 1.54) is 16.7 Å². The molecule has 1 fully saturated rings. The van der Waals surface area contributed by atoms with E-state index in [9.17, 15) is 22.8 Å². The third-order valence-electron chi connectivity index (χ3n) is 2.58. The van der Waals surface area contributed by atoms with E-state index in [0.717, 1.165) is 0 Å². The van der Waals surface area contributed by atoms with Gasteiger partial charge in [-0.25, -0.2) is 4.79 Å². The summed E-state index contributed by atoms with van der Waals surface area (Å²) in [6.45, 7) is -0.147. The first kappa shape index (κ1) is 15.9. The highest BCUT2D eigenvalue weighted by Gasteiger charge is 2.30. The summed E-state index contributed by atoms with van der Waals surface area (Å²) in [4.78, 5) is 23.7. The van der Waals surface area contributed by atoms with Crippen molar-refractivity contribution in [2.45, 2.75) is 25.1 Å². The molecule has 0 radical (unpaired) electrons. The molecule has 19 heavy (non-hydrogen) atoms. The summed E-state index contributed by atoms with van der Waals surface area (Å²) in [5, 5.41) is 10.9. The Morgan fingerprint density at radius 3 is 2.68 bits per heavy atom. The van der Waals surface area contributed by atoms with Crippen molar-refractivity contribution in [3.63, 3.8) is 0 Å². The first-order valence-electron chi connectivity index (χ1n) is 5.70. The summed E-state index contributed by atoms with van der Waals surface area (Å²) in [7, 11) is 0. The molecule has 1 aliphatic rings. The first-order valence-corrected chi connectivity index (χ1v) is 6.86. The molecule has 2 amide bonds. The molecule has 1 heterocycles. The molecule has 9 heteroatoms. The van der Waals surface area contributed by atoms with Crippen LogP contribution in [0.3, 0.4) is 0 Å². The van der Waals surface area contributed by atoms with Gasteiger partial charge < -0.3 is 15.3 Å².